The van der Waals surface area contributed by atoms with Crippen LogP contribution in [0.1, 0.15) is 77.7 Å². The fourth-order valence-electron chi connectivity index (χ4n) is 6.06. The van der Waals surface area contributed by atoms with E-state index in [4.69, 9.17) is 32.6 Å². The molecule has 4 aromatic heterocycles. The van der Waals surface area contributed by atoms with Crippen LogP contribution in [0.5, 0.6) is 0 Å². The van der Waals surface area contributed by atoms with Gasteiger partial charge >= 0.3 is 6.18 Å². The molecule has 0 radical (unpaired) electrons. The first-order valence-corrected chi connectivity index (χ1v) is 15.5. The molecule has 2 aromatic carbocycles. The number of benzene rings is 2. The molecule has 2 atom stereocenters. The highest BCUT2D eigenvalue weighted by Crippen LogP contribution is 2.39. The molecular formula is C37H26ClF3N8. The zero-order valence-corrected chi connectivity index (χ0v) is 27.0. The molecule has 0 fully saturated rings. The highest BCUT2D eigenvalue weighted by atomic mass is 35.5. The van der Waals surface area contributed by atoms with Crippen molar-refractivity contribution in [1.82, 2.24) is 19.1 Å². The topological polar surface area (TPSA) is 131 Å². The number of hydrogen-bond donors (Lipinski definition) is 0. The molecule has 0 bridgehead atoms. The van der Waals surface area contributed by atoms with Gasteiger partial charge in [0.05, 0.1) is 56.5 Å². The largest absolute Gasteiger partial charge is 0.418 e. The molecule has 242 valence electrons. The smallest absolute Gasteiger partial charge is 0.340 e. The lowest BCUT2D eigenvalue weighted by atomic mass is 10.0. The Morgan fingerprint density at radius 2 is 1.14 bits per heavy atom. The average Bonchev–Trinajstić information content (AvgIpc) is 3.74. The molecule has 0 aliphatic heterocycles. The van der Waals surface area contributed by atoms with E-state index in [1.165, 1.54) is 24.4 Å². The molecule has 6 rings (SSSR count). The molecule has 0 saturated heterocycles. The van der Waals surface area contributed by atoms with E-state index in [9.17, 15) is 13.2 Å². The van der Waals surface area contributed by atoms with Crippen molar-refractivity contribution in [1.29, 1.82) is 21.0 Å². The summed E-state index contributed by atoms with van der Waals surface area (Å²) in [6, 6.07) is 20.8. The number of alkyl halides is 3. The molecule has 0 saturated carbocycles. The number of nitriles is 4. The third-order valence-corrected chi connectivity index (χ3v) is 8.66. The van der Waals surface area contributed by atoms with Gasteiger partial charge in [0.25, 0.3) is 0 Å². The molecular weight excluding hydrogens is 649 g/mol. The van der Waals surface area contributed by atoms with E-state index >= 15 is 0 Å². The Morgan fingerprint density at radius 3 is 1.59 bits per heavy atom. The normalized spacial score (nSPS) is 12.2. The molecule has 0 N–H and O–H groups in total. The third kappa shape index (κ3) is 6.67. The minimum atomic E-state index is -4.62. The van der Waals surface area contributed by atoms with E-state index < -0.39 is 17.3 Å². The molecule has 0 spiro atoms. The van der Waals surface area contributed by atoms with Crippen molar-refractivity contribution in [3.05, 3.63) is 130 Å². The van der Waals surface area contributed by atoms with Crippen molar-refractivity contribution in [2.45, 2.75) is 44.9 Å². The van der Waals surface area contributed by atoms with Crippen LogP contribution in [0.25, 0.3) is 21.8 Å². The number of aromatic nitrogens is 4. The van der Waals surface area contributed by atoms with Gasteiger partial charge in [0.1, 0.15) is 18.2 Å². The van der Waals surface area contributed by atoms with Gasteiger partial charge in [0.2, 0.25) is 0 Å². The van der Waals surface area contributed by atoms with Crippen molar-refractivity contribution in [3.63, 3.8) is 0 Å². The van der Waals surface area contributed by atoms with E-state index in [0.717, 1.165) is 28.5 Å². The number of pyridine rings is 2. The predicted octanol–water partition coefficient (Wildman–Crippen LogP) is 9.23. The van der Waals surface area contributed by atoms with Gasteiger partial charge < -0.3 is 9.13 Å². The molecule has 12 heteroatoms. The van der Waals surface area contributed by atoms with Gasteiger partial charge in [-0.25, -0.2) is 0 Å². The Hall–Kier alpha value is -6.14. The first-order chi connectivity index (χ1) is 23.6. The summed E-state index contributed by atoms with van der Waals surface area (Å²) in [5.74, 6) is 0. The van der Waals surface area contributed by atoms with Gasteiger partial charge in [-0.1, -0.05) is 25.4 Å². The number of nitrogens with zero attached hydrogens (tertiary/aromatic N) is 8. The summed E-state index contributed by atoms with van der Waals surface area (Å²) < 4.78 is 44.3. The Morgan fingerprint density at radius 1 is 0.673 bits per heavy atom. The summed E-state index contributed by atoms with van der Waals surface area (Å²) in [7, 11) is 0. The molecule has 0 aliphatic carbocycles. The highest BCUT2D eigenvalue weighted by molar-refractivity contribution is 6.36. The standard InChI is InChI=1S/C19H13F3N4.C18H13ClN4/c1-2-16(14-7-12(8-23)10-25-11-14)26-6-5-15-17(26)4-3-13(9-24)18(15)19(20,21)22;1-2-16(14-7-12(8-20)10-22-11-14)23-6-5-15-17(23)4-3-13(9-21)18(15)19/h3-7,10-11,16H,2H2,1H3;3-7,10-11,16H,2H2,1H3/t2*16-/m11/s1. The Labute approximate surface area is 285 Å². The van der Waals surface area contributed by atoms with Crippen molar-refractivity contribution in [2.24, 2.45) is 0 Å². The third-order valence-electron chi connectivity index (χ3n) is 8.26. The molecule has 6 aromatic rings. The minimum absolute atomic E-state index is 0.0144. The second-order valence-electron chi connectivity index (χ2n) is 11.0. The maximum absolute atomic E-state index is 13.5. The average molecular weight is 675 g/mol. The van der Waals surface area contributed by atoms with Crippen LogP contribution in [0.15, 0.2) is 85.7 Å². The predicted molar refractivity (Wildman–Crippen MR) is 178 cm³/mol. The molecule has 0 aliphatic rings. The van der Waals surface area contributed by atoms with Crippen molar-refractivity contribution in [2.75, 3.05) is 0 Å². The molecule has 4 heterocycles. The van der Waals surface area contributed by atoms with Crippen LogP contribution in [0.2, 0.25) is 5.02 Å². The van der Waals surface area contributed by atoms with E-state index in [2.05, 4.69) is 33.6 Å². The van der Waals surface area contributed by atoms with Crippen LogP contribution in [-0.2, 0) is 6.18 Å². The fraction of sp³-hybridized carbons (Fsp3) is 0.189. The SMILES string of the molecule is CC[C@H](c1cncc(C#N)c1)n1ccc2c(C(F)(F)F)c(C#N)ccc21.CC[C@H](c1cncc(C#N)c1)n1ccc2c(Cl)c(C#N)ccc21. The van der Waals surface area contributed by atoms with Crippen molar-refractivity contribution >= 4 is 33.4 Å². The zero-order chi connectivity index (χ0) is 35.3. The second kappa shape index (κ2) is 14.3. The minimum Gasteiger partial charge on any atom is -0.340 e. The first kappa shape index (κ1) is 34.2. The van der Waals surface area contributed by atoms with Gasteiger partial charge in [-0.15, -0.1) is 0 Å². The van der Waals surface area contributed by atoms with Gasteiger partial charge in [0.15, 0.2) is 0 Å². The molecule has 0 unspecified atom stereocenters. The van der Waals surface area contributed by atoms with Crippen LogP contribution >= 0.6 is 11.6 Å². The summed E-state index contributed by atoms with van der Waals surface area (Å²) in [6.45, 7) is 3.99. The zero-order valence-electron chi connectivity index (χ0n) is 26.2. The summed E-state index contributed by atoms with van der Waals surface area (Å²) in [4.78, 5) is 8.19. The van der Waals surface area contributed by atoms with Gasteiger partial charge in [-0.05, 0) is 72.5 Å². The Balaban J connectivity index is 0.000000192. The van der Waals surface area contributed by atoms with Crippen molar-refractivity contribution in [3.8, 4) is 24.3 Å². The quantitative estimate of drug-likeness (QED) is 0.173. The number of hydrogen-bond acceptors (Lipinski definition) is 6. The second-order valence-corrected chi connectivity index (χ2v) is 11.4. The maximum Gasteiger partial charge on any atom is 0.418 e. The van der Waals surface area contributed by atoms with Crippen molar-refractivity contribution < 1.29 is 13.2 Å². The summed E-state index contributed by atoms with van der Waals surface area (Å²) in [5, 5.41) is 37.6. The van der Waals surface area contributed by atoms with Crippen LogP contribution in [0.4, 0.5) is 13.2 Å². The van der Waals surface area contributed by atoms with E-state index in [-0.39, 0.29) is 17.5 Å². The monoisotopic (exact) mass is 674 g/mol. The lowest BCUT2D eigenvalue weighted by Crippen LogP contribution is -2.11. The molecule has 49 heavy (non-hydrogen) atoms. The van der Waals surface area contributed by atoms with Gasteiger partial charge in [0, 0.05) is 53.5 Å². The number of fused-ring (bicyclic) bond motifs is 2. The van der Waals surface area contributed by atoms with Crippen LogP contribution in [-0.4, -0.2) is 19.1 Å². The highest BCUT2D eigenvalue weighted by Gasteiger charge is 2.36. The van der Waals surface area contributed by atoms with E-state index in [1.807, 2.05) is 37.4 Å². The van der Waals surface area contributed by atoms with E-state index in [1.54, 1.807) is 47.6 Å². The van der Waals surface area contributed by atoms with Gasteiger partial charge in [-0.2, -0.15) is 34.2 Å². The van der Waals surface area contributed by atoms with Crippen LogP contribution < -0.4 is 0 Å². The lowest BCUT2D eigenvalue weighted by molar-refractivity contribution is -0.136. The molecule has 0 amide bonds. The van der Waals surface area contributed by atoms with Crippen LogP contribution in [0, 0.1) is 45.3 Å². The van der Waals surface area contributed by atoms with E-state index in [0.29, 0.717) is 33.7 Å². The maximum atomic E-state index is 13.5. The summed E-state index contributed by atoms with van der Waals surface area (Å²) in [6.07, 6.45) is 6.74. The van der Waals surface area contributed by atoms with Crippen LogP contribution in [0.3, 0.4) is 0 Å². The summed E-state index contributed by atoms with van der Waals surface area (Å²) >= 11 is 6.31. The molecule has 8 nitrogen and oxygen atoms in total. The summed E-state index contributed by atoms with van der Waals surface area (Å²) in [5.41, 5.74) is 3.14. The number of halogens is 4. The Bertz CT molecular complexity index is 2350. The van der Waals surface area contributed by atoms with Gasteiger partial charge in [-0.3, -0.25) is 9.97 Å². The fourth-order valence-corrected chi connectivity index (χ4v) is 6.32. The lowest BCUT2D eigenvalue weighted by Gasteiger charge is -2.19. The Kier molecular flexibility index (Phi) is 10.00. The number of rotatable bonds is 6. The first-order valence-electron chi connectivity index (χ1n) is 15.1.